The first-order valence-corrected chi connectivity index (χ1v) is 6.09. The number of benzene rings is 1. The summed E-state index contributed by atoms with van der Waals surface area (Å²) >= 11 is 0. The third-order valence-corrected chi connectivity index (χ3v) is 2.61. The Kier molecular flexibility index (Phi) is 4.76. The number of phenols is 1. The van der Waals surface area contributed by atoms with Crippen LogP contribution in [-0.2, 0) is 11.3 Å². The molecule has 2 aromatic rings. The van der Waals surface area contributed by atoms with Crippen LogP contribution in [0.15, 0.2) is 23.6 Å². The molecule has 0 bridgehead atoms. The number of aromatic hydroxyl groups is 1. The summed E-state index contributed by atoms with van der Waals surface area (Å²) in [7, 11) is 1.26. The van der Waals surface area contributed by atoms with E-state index in [9.17, 15) is 20.0 Å². The van der Waals surface area contributed by atoms with Crippen LogP contribution in [0.4, 0.5) is 5.69 Å². The van der Waals surface area contributed by atoms with E-state index in [1.54, 1.807) is 0 Å². The second-order valence-electron chi connectivity index (χ2n) is 4.14. The Hall–Kier alpha value is -3.57. The molecule has 0 aliphatic carbocycles. The fourth-order valence-electron chi connectivity index (χ4n) is 1.58. The molecule has 23 heavy (non-hydrogen) atoms. The van der Waals surface area contributed by atoms with E-state index < -0.39 is 10.8 Å². The van der Waals surface area contributed by atoms with Gasteiger partial charge in [0.15, 0.2) is 11.5 Å². The quantitative estimate of drug-likeness (QED) is 0.407. The molecule has 0 saturated carbocycles. The predicted molar refractivity (Wildman–Crippen MR) is 74.9 cm³/mol. The molecule has 120 valence electrons. The van der Waals surface area contributed by atoms with Crippen molar-refractivity contribution >= 4 is 17.8 Å². The molecule has 0 spiro atoms. The minimum absolute atomic E-state index is 0.0128. The van der Waals surface area contributed by atoms with E-state index in [4.69, 9.17) is 4.74 Å². The highest BCUT2D eigenvalue weighted by molar-refractivity contribution is 5.87. The van der Waals surface area contributed by atoms with Crippen molar-refractivity contribution in [1.82, 2.24) is 25.6 Å². The summed E-state index contributed by atoms with van der Waals surface area (Å²) < 4.78 is 6.02. The van der Waals surface area contributed by atoms with Gasteiger partial charge in [-0.3, -0.25) is 14.9 Å². The number of tetrazole rings is 1. The first-order chi connectivity index (χ1) is 11.0. The number of non-ortho nitro benzene ring substituents is 1. The monoisotopic (exact) mass is 321 g/mol. The smallest absolute Gasteiger partial charge is 0.274 e. The third-order valence-electron chi connectivity index (χ3n) is 2.61. The summed E-state index contributed by atoms with van der Waals surface area (Å²) in [5.41, 5.74) is 1.90. The van der Waals surface area contributed by atoms with E-state index in [2.05, 4.69) is 26.1 Å². The van der Waals surface area contributed by atoms with Crippen LogP contribution in [0, 0.1) is 10.1 Å². The molecule has 12 heteroatoms. The number of hydrazone groups is 1. The molecule has 0 fully saturated rings. The molecule has 2 N–H and O–H groups in total. The van der Waals surface area contributed by atoms with Gasteiger partial charge in [0.1, 0.15) is 12.9 Å². The maximum atomic E-state index is 11.5. The number of hydrogen-bond donors (Lipinski definition) is 2. The second kappa shape index (κ2) is 6.93. The van der Waals surface area contributed by atoms with Gasteiger partial charge in [-0.25, -0.2) is 10.1 Å². The Labute approximate surface area is 128 Å². The van der Waals surface area contributed by atoms with Crippen molar-refractivity contribution in [2.24, 2.45) is 5.10 Å². The minimum Gasteiger partial charge on any atom is -0.504 e. The number of ether oxygens (including phenoxy) is 1. The molecule has 0 aliphatic rings. The van der Waals surface area contributed by atoms with Crippen LogP contribution in [0.5, 0.6) is 11.5 Å². The lowest BCUT2D eigenvalue weighted by molar-refractivity contribution is -0.385. The van der Waals surface area contributed by atoms with Gasteiger partial charge in [0.05, 0.1) is 24.3 Å². The average molecular weight is 321 g/mol. The molecule has 1 heterocycles. The first-order valence-electron chi connectivity index (χ1n) is 6.09. The van der Waals surface area contributed by atoms with Crippen molar-refractivity contribution in [3.8, 4) is 11.5 Å². The highest BCUT2D eigenvalue weighted by Gasteiger charge is 2.15. The van der Waals surface area contributed by atoms with Crippen molar-refractivity contribution in [2.45, 2.75) is 6.54 Å². The van der Waals surface area contributed by atoms with Crippen molar-refractivity contribution in [2.75, 3.05) is 7.11 Å². The number of hydrogen-bond acceptors (Lipinski definition) is 9. The highest BCUT2D eigenvalue weighted by atomic mass is 16.6. The van der Waals surface area contributed by atoms with Crippen LogP contribution in [0.2, 0.25) is 0 Å². The van der Waals surface area contributed by atoms with Crippen LogP contribution >= 0.6 is 0 Å². The Morgan fingerprint density at radius 2 is 2.39 bits per heavy atom. The van der Waals surface area contributed by atoms with Gasteiger partial charge in [-0.2, -0.15) is 5.10 Å². The second-order valence-corrected chi connectivity index (χ2v) is 4.14. The zero-order valence-electron chi connectivity index (χ0n) is 11.8. The Balaban J connectivity index is 2.10. The van der Waals surface area contributed by atoms with Crippen molar-refractivity contribution in [3.63, 3.8) is 0 Å². The number of phenolic OH excluding ortho intramolecular Hbond substituents is 1. The van der Waals surface area contributed by atoms with Crippen molar-refractivity contribution < 1.29 is 19.6 Å². The van der Waals surface area contributed by atoms with Crippen molar-refractivity contribution in [1.29, 1.82) is 0 Å². The summed E-state index contributed by atoms with van der Waals surface area (Å²) in [6.45, 7) is -0.158. The fraction of sp³-hybridized carbons (Fsp3) is 0.182. The Bertz CT molecular complexity index is 743. The summed E-state index contributed by atoms with van der Waals surface area (Å²) in [5.74, 6) is -0.942. The number of amides is 1. The highest BCUT2D eigenvalue weighted by Crippen LogP contribution is 2.33. The molecular formula is C11H11N7O5. The number of methoxy groups -OCH3 is 1. The predicted octanol–water partition coefficient (Wildman–Crippen LogP) is -0.554. The molecule has 0 atom stereocenters. The summed E-state index contributed by atoms with van der Waals surface area (Å²) in [6.07, 6.45) is 2.31. The average Bonchev–Trinajstić information content (AvgIpc) is 3.01. The third kappa shape index (κ3) is 3.96. The molecule has 1 amide bonds. The van der Waals surface area contributed by atoms with Crippen LogP contribution in [0.3, 0.4) is 0 Å². The summed E-state index contributed by atoms with van der Waals surface area (Å²) in [6, 6.07) is 2.16. The van der Waals surface area contributed by atoms with Gasteiger partial charge in [0.25, 0.3) is 11.6 Å². The molecule has 0 unspecified atom stereocenters. The maximum absolute atomic E-state index is 11.5. The lowest BCUT2D eigenvalue weighted by Gasteiger charge is -2.06. The fourth-order valence-corrected chi connectivity index (χ4v) is 1.58. The number of carbonyl (C=O) groups excluding carboxylic acids is 1. The van der Waals surface area contributed by atoms with E-state index in [0.29, 0.717) is 0 Å². The largest absolute Gasteiger partial charge is 0.504 e. The van der Waals surface area contributed by atoms with Gasteiger partial charge in [-0.15, -0.1) is 5.10 Å². The Morgan fingerprint density at radius 1 is 1.61 bits per heavy atom. The molecule has 2 rings (SSSR count). The normalized spacial score (nSPS) is 10.7. The standard InChI is InChI=1S/C11H11N7O5/c1-23-9-3-8(18(21)22)2-7(11(9)20)4-12-14-10(19)5-17-6-13-15-16-17/h2-4,6,20H,5H2,1H3,(H,14,19)/b12-4-. The number of nitrogens with zero attached hydrogens (tertiary/aromatic N) is 6. The van der Waals surface area contributed by atoms with E-state index in [0.717, 1.165) is 18.3 Å². The zero-order valence-corrected chi connectivity index (χ0v) is 11.8. The Morgan fingerprint density at radius 3 is 3.00 bits per heavy atom. The van der Waals surface area contributed by atoms with Gasteiger partial charge in [0.2, 0.25) is 0 Å². The van der Waals surface area contributed by atoms with E-state index in [1.807, 2.05) is 0 Å². The number of rotatable bonds is 6. The number of aromatic nitrogens is 4. The SMILES string of the molecule is COc1cc([N+](=O)[O-])cc(/C=N\NC(=O)Cn2cnnn2)c1O. The van der Waals surface area contributed by atoms with Crippen LogP contribution in [0.1, 0.15) is 5.56 Å². The summed E-state index contributed by atoms with van der Waals surface area (Å²) in [4.78, 5) is 21.7. The van der Waals surface area contributed by atoms with Gasteiger partial charge in [0, 0.05) is 11.6 Å². The topological polar surface area (TPSA) is 158 Å². The molecule has 0 saturated heterocycles. The molecular weight excluding hydrogens is 310 g/mol. The van der Waals surface area contributed by atoms with Crippen LogP contribution < -0.4 is 10.2 Å². The van der Waals surface area contributed by atoms with Crippen LogP contribution in [-0.4, -0.2) is 49.5 Å². The first kappa shape index (κ1) is 15.8. The number of nitro benzene ring substituents is 1. The minimum atomic E-state index is -0.643. The summed E-state index contributed by atoms with van der Waals surface area (Å²) in [5, 5.41) is 34.6. The van der Waals surface area contributed by atoms with Crippen molar-refractivity contribution in [3.05, 3.63) is 34.1 Å². The van der Waals surface area contributed by atoms with E-state index in [-0.39, 0.29) is 29.3 Å². The molecule has 1 aromatic carbocycles. The number of nitrogens with one attached hydrogen (secondary N) is 1. The number of nitro groups is 1. The van der Waals surface area contributed by atoms with Crippen LogP contribution in [0.25, 0.3) is 0 Å². The molecule has 0 radical (unpaired) electrons. The van der Waals surface area contributed by atoms with Gasteiger partial charge >= 0.3 is 0 Å². The zero-order chi connectivity index (χ0) is 16.8. The van der Waals surface area contributed by atoms with Gasteiger partial charge < -0.3 is 9.84 Å². The number of carbonyl (C=O) groups is 1. The van der Waals surface area contributed by atoms with E-state index >= 15 is 0 Å². The van der Waals surface area contributed by atoms with Gasteiger partial charge in [-0.05, 0) is 10.4 Å². The molecule has 1 aromatic heterocycles. The molecule has 12 nitrogen and oxygen atoms in total. The van der Waals surface area contributed by atoms with E-state index in [1.165, 1.54) is 18.1 Å². The maximum Gasteiger partial charge on any atom is 0.274 e. The van der Waals surface area contributed by atoms with Gasteiger partial charge in [-0.1, -0.05) is 0 Å². The lowest BCUT2D eigenvalue weighted by Crippen LogP contribution is -2.23. The lowest BCUT2D eigenvalue weighted by atomic mass is 10.2. The molecule has 0 aliphatic heterocycles.